The van der Waals surface area contributed by atoms with E-state index in [-0.39, 0.29) is 5.91 Å². The minimum atomic E-state index is -0.244. The third kappa shape index (κ3) is 4.17. The predicted molar refractivity (Wildman–Crippen MR) is 122 cm³/mol. The Balaban J connectivity index is 1.62. The van der Waals surface area contributed by atoms with Gasteiger partial charge < -0.3 is 5.32 Å². The highest BCUT2D eigenvalue weighted by atomic mass is 35.5. The van der Waals surface area contributed by atoms with Gasteiger partial charge in [-0.2, -0.15) is 0 Å². The van der Waals surface area contributed by atoms with E-state index in [9.17, 15) is 4.79 Å². The molecule has 0 aliphatic carbocycles. The maximum atomic E-state index is 12.9. The van der Waals surface area contributed by atoms with E-state index < -0.39 is 0 Å². The molecule has 1 heterocycles. The van der Waals surface area contributed by atoms with Crippen LogP contribution in [0.15, 0.2) is 76.5 Å². The molecule has 0 saturated carbocycles. The molecule has 0 aliphatic heterocycles. The second kappa shape index (κ2) is 8.36. The highest BCUT2D eigenvalue weighted by Crippen LogP contribution is 2.38. The Morgan fingerprint density at radius 2 is 1.61 bits per heavy atom. The van der Waals surface area contributed by atoms with Crippen molar-refractivity contribution < 1.29 is 4.79 Å². The number of para-hydroxylation sites is 1. The molecule has 0 unspecified atom stereocenters. The van der Waals surface area contributed by atoms with E-state index in [0.29, 0.717) is 19.9 Å². The number of carbonyl (C=O) groups excluding carboxylic acids is 1. The Kier molecular flexibility index (Phi) is 5.85. The molecule has 0 aliphatic rings. The smallest absolute Gasteiger partial charge is 0.267 e. The zero-order valence-corrected chi connectivity index (χ0v) is 18.1. The van der Waals surface area contributed by atoms with Crippen molar-refractivity contribution in [3.05, 3.63) is 86.7 Å². The van der Waals surface area contributed by atoms with E-state index >= 15 is 0 Å². The van der Waals surface area contributed by atoms with Gasteiger partial charge >= 0.3 is 0 Å². The van der Waals surface area contributed by atoms with Gasteiger partial charge in [0.1, 0.15) is 4.88 Å². The number of halogens is 3. The number of anilines is 1. The van der Waals surface area contributed by atoms with E-state index in [1.165, 1.54) is 11.3 Å². The second-order valence-corrected chi connectivity index (χ2v) is 9.31. The van der Waals surface area contributed by atoms with Gasteiger partial charge in [-0.1, -0.05) is 64.8 Å². The normalized spacial score (nSPS) is 11.0. The van der Waals surface area contributed by atoms with E-state index in [1.54, 1.807) is 17.8 Å². The number of hydrogen-bond donors (Lipinski definition) is 1. The largest absolute Gasteiger partial charge is 0.320 e. The first-order chi connectivity index (χ1) is 13.5. The van der Waals surface area contributed by atoms with Gasteiger partial charge in [0, 0.05) is 29.9 Å². The fourth-order valence-corrected chi connectivity index (χ4v) is 5.37. The Labute approximate surface area is 185 Å². The van der Waals surface area contributed by atoms with Crippen molar-refractivity contribution in [2.45, 2.75) is 9.79 Å². The number of thiophene rings is 1. The lowest BCUT2D eigenvalue weighted by Crippen LogP contribution is -2.11. The van der Waals surface area contributed by atoms with Gasteiger partial charge in [-0.05, 0) is 48.5 Å². The molecule has 0 fully saturated rings. The van der Waals surface area contributed by atoms with E-state index in [4.69, 9.17) is 34.8 Å². The quantitative estimate of drug-likeness (QED) is 0.329. The highest BCUT2D eigenvalue weighted by molar-refractivity contribution is 7.99. The summed E-state index contributed by atoms with van der Waals surface area (Å²) in [6.45, 7) is 0. The summed E-state index contributed by atoms with van der Waals surface area (Å²) in [6.07, 6.45) is 0. The summed E-state index contributed by atoms with van der Waals surface area (Å²) in [5.74, 6) is -0.244. The van der Waals surface area contributed by atoms with Crippen LogP contribution >= 0.6 is 57.9 Å². The molecule has 7 heteroatoms. The Bertz CT molecular complexity index is 1170. The fourth-order valence-electron chi connectivity index (χ4n) is 2.65. The molecule has 4 aromatic rings. The van der Waals surface area contributed by atoms with Crippen molar-refractivity contribution in [3.8, 4) is 0 Å². The molecular weight excluding hydrogens is 453 g/mol. The molecule has 1 N–H and O–H groups in total. The summed E-state index contributed by atoms with van der Waals surface area (Å²) in [7, 11) is 0. The Morgan fingerprint density at radius 3 is 2.39 bits per heavy atom. The lowest BCUT2D eigenvalue weighted by molar-refractivity contribution is 0.103. The van der Waals surface area contributed by atoms with Gasteiger partial charge in [-0.3, -0.25) is 4.79 Å². The van der Waals surface area contributed by atoms with Gasteiger partial charge in [0.25, 0.3) is 5.91 Å². The molecule has 0 radical (unpaired) electrons. The van der Waals surface area contributed by atoms with Gasteiger partial charge in [0.05, 0.1) is 10.7 Å². The fraction of sp³-hybridized carbons (Fsp3) is 0. The standard InChI is InChI=1S/C21H12Cl3NOS2/c22-12-5-8-14(9-6-12)27-17-4-2-1-3-16(17)25-21(26)20-19(24)15-10-7-13(23)11-18(15)28-20/h1-11H,(H,25,26). The summed E-state index contributed by atoms with van der Waals surface area (Å²) in [5, 5.41) is 5.55. The molecule has 140 valence electrons. The molecule has 0 atom stereocenters. The van der Waals surface area contributed by atoms with Crippen molar-refractivity contribution in [2.24, 2.45) is 0 Å². The lowest BCUT2D eigenvalue weighted by atomic mass is 10.2. The number of carbonyl (C=O) groups is 1. The van der Waals surface area contributed by atoms with E-state index in [2.05, 4.69) is 5.32 Å². The Morgan fingerprint density at radius 1 is 0.893 bits per heavy atom. The molecule has 3 aromatic carbocycles. The molecule has 0 saturated heterocycles. The molecule has 0 spiro atoms. The molecular formula is C21H12Cl3NOS2. The molecule has 1 aromatic heterocycles. The van der Waals surface area contributed by atoms with Crippen LogP contribution in [0.4, 0.5) is 5.69 Å². The summed E-state index contributed by atoms with van der Waals surface area (Å²) in [5.41, 5.74) is 0.721. The Hall–Kier alpha value is -1.69. The minimum Gasteiger partial charge on any atom is -0.320 e. The topological polar surface area (TPSA) is 29.1 Å². The average molecular weight is 465 g/mol. The van der Waals surface area contributed by atoms with Gasteiger partial charge in [-0.15, -0.1) is 11.3 Å². The highest BCUT2D eigenvalue weighted by Gasteiger charge is 2.18. The monoisotopic (exact) mass is 463 g/mol. The van der Waals surface area contributed by atoms with Crippen LogP contribution in [0.2, 0.25) is 15.1 Å². The number of benzene rings is 3. The SMILES string of the molecule is O=C(Nc1ccccc1Sc1ccc(Cl)cc1)c1sc2cc(Cl)ccc2c1Cl. The van der Waals surface area contributed by atoms with E-state index in [1.807, 2.05) is 60.7 Å². The molecule has 2 nitrogen and oxygen atoms in total. The summed E-state index contributed by atoms with van der Waals surface area (Å²) in [4.78, 5) is 15.3. The van der Waals surface area contributed by atoms with Crippen LogP contribution < -0.4 is 5.32 Å². The van der Waals surface area contributed by atoms with Crippen molar-refractivity contribution in [2.75, 3.05) is 5.32 Å². The number of hydrogen-bond acceptors (Lipinski definition) is 3. The molecule has 28 heavy (non-hydrogen) atoms. The van der Waals surface area contributed by atoms with Gasteiger partial charge in [0.2, 0.25) is 0 Å². The number of rotatable bonds is 4. The maximum absolute atomic E-state index is 12.9. The predicted octanol–water partition coefficient (Wildman–Crippen LogP) is 8.27. The second-order valence-electron chi connectivity index (χ2n) is 5.89. The van der Waals surface area contributed by atoms with Crippen molar-refractivity contribution in [1.82, 2.24) is 0 Å². The van der Waals surface area contributed by atoms with Gasteiger partial charge in [0.15, 0.2) is 0 Å². The minimum absolute atomic E-state index is 0.244. The van der Waals surface area contributed by atoms with Gasteiger partial charge in [-0.25, -0.2) is 0 Å². The van der Waals surface area contributed by atoms with Crippen LogP contribution in [0, 0.1) is 0 Å². The van der Waals surface area contributed by atoms with Crippen molar-refractivity contribution >= 4 is 79.6 Å². The maximum Gasteiger partial charge on any atom is 0.267 e. The first-order valence-corrected chi connectivity index (χ1v) is 11.0. The third-order valence-corrected chi connectivity index (χ3v) is 7.20. The van der Waals surface area contributed by atoms with Crippen LogP contribution in [-0.4, -0.2) is 5.91 Å². The van der Waals surface area contributed by atoms with Crippen LogP contribution in [0.5, 0.6) is 0 Å². The van der Waals surface area contributed by atoms with Crippen LogP contribution in [0.25, 0.3) is 10.1 Å². The molecule has 0 bridgehead atoms. The summed E-state index contributed by atoms with van der Waals surface area (Å²) < 4.78 is 0.881. The number of nitrogens with one attached hydrogen (secondary N) is 1. The average Bonchev–Trinajstić information content (AvgIpc) is 3.01. The van der Waals surface area contributed by atoms with Crippen molar-refractivity contribution in [3.63, 3.8) is 0 Å². The first-order valence-electron chi connectivity index (χ1n) is 8.22. The lowest BCUT2D eigenvalue weighted by Gasteiger charge is -2.10. The zero-order valence-electron chi connectivity index (χ0n) is 14.2. The van der Waals surface area contributed by atoms with Crippen LogP contribution in [-0.2, 0) is 0 Å². The summed E-state index contributed by atoms with van der Waals surface area (Å²) >= 11 is 21.3. The summed E-state index contributed by atoms with van der Waals surface area (Å²) in [6, 6.07) is 20.6. The zero-order chi connectivity index (χ0) is 19.7. The van der Waals surface area contributed by atoms with Crippen LogP contribution in [0.3, 0.4) is 0 Å². The number of fused-ring (bicyclic) bond motifs is 1. The first kappa shape index (κ1) is 19.6. The third-order valence-electron chi connectivity index (χ3n) is 3.97. The van der Waals surface area contributed by atoms with E-state index in [0.717, 1.165) is 25.6 Å². The number of amides is 1. The molecule has 4 rings (SSSR count). The van der Waals surface area contributed by atoms with Crippen molar-refractivity contribution in [1.29, 1.82) is 0 Å². The molecule has 1 amide bonds. The van der Waals surface area contributed by atoms with Crippen LogP contribution in [0.1, 0.15) is 9.67 Å².